The van der Waals surface area contributed by atoms with Crippen molar-refractivity contribution in [1.29, 1.82) is 0 Å². The van der Waals surface area contributed by atoms with Crippen LogP contribution in [0.25, 0.3) is 5.69 Å². The number of nitrogens with one attached hydrogen (secondary N) is 2. The number of carboxylic acids is 1. The van der Waals surface area contributed by atoms with Crippen LogP contribution < -0.4 is 16.4 Å². The predicted molar refractivity (Wildman–Crippen MR) is 142 cm³/mol. The Bertz CT molecular complexity index is 1470. The van der Waals surface area contributed by atoms with E-state index in [9.17, 15) is 19.1 Å². The number of nitrogens with two attached hydrogens (primary N) is 1. The third-order valence-electron chi connectivity index (χ3n) is 6.56. The molecule has 1 aromatic heterocycles. The van der Waals surface area contributed by atoms with E-state index < -0.39 is 17.7 Å². The lowest BCUT2D eigenvalue weighted by atomic mass is 9.97. The number of carbonyl (C=O) groups excluding carboxylic acids is 1. The van der Waals surface area contributed by atoms with Gasteiger partial charge in [0.05, 0.1) is 17.4 Å². The lowest BCUT2D eigenvalue weighted by Crippen LogP contribution is -2.25. The smallest absolute Gasteiger partial charge is 0.356 e. The molecule has 1 fully saturated rings. The molecule has 1 aliphatic rings. The first-order chi connectivity index (χ1) is 18.4. The molecule has 38 heavy (non-hydrogen) atoms. The minimum absolute atomic E-state index is 0.0120. The van der Waals surface area contributed by atoms with Crippen LogP contribution in [-0.2, 0) is 6.54 Å². The van der Waals surface area contributed by atoms with Crippen molar-refractivity contribution in [2.24, 2.45) is 11.7 Å². The number of aromatic nitrogens is 2. The number of hydrogen-bond acceptors (Lipinski definition) is 5. The lowest BCUT2D eigenvalue weighted by molar-refractivity contribution is 0.0689. The normalized spacial score (nSPS) is 13.7. The van der Waals surface area contributed by atoms with E-state index in [1.807, 2.05) is 36.4 Å². The fourth-order valence-electron chi connectivity index (χ4n) is 4.34. The number of halogens is 1. The molecule has 1 atom stereocenters. The van der Waals surface area contributed by atoms with Gasteiger partial charge in [0.15, 0.2) is 5.69 Å². The molecule has 0 spiro atoms. The highest BCUT2D eigenvalue weighted by atomic mass is 19.1. The molecule has 1 aliphatic carbocycles. The van der Waals surface area contributed by atoms with Crippen molar-refractivity contribution >= 4 is 17.6 Å². The Morgan fingerprint density at radius 2 is 1.82 bits per heavy atom. The molecule has 0 bridgehead atoms. The van der Waals surface area contributed by atoms with E-state index in [2.05, 4.69) is 15.7 Å². The molecule has 0 aliphatic heterocycles. The Balaban J connectivity index is 1.47. The Kier molecular flexibility index (Phi) is 7.30. The Morgan fingerprint density at radius 3 is 2.53 bits per heavy atom. The van der Waals surface area contributed by atoms with Crippen molar-refractivity contribution < 1.29 is 19.1 Å². The van der Waals surface area contributed by atoms with Crippen LogP contribution in [0.5, 0.6) is 0 Å². The van der Waals surface area contributed by atoms with Gasteiger partial charge in [-0.3, -0.25) is 4.79 Å². The van der Waals surface area contributed by atoms with E-state index in [-0.39, 0.29) is 29.7 Å². The van der Waals surface area contributed by atoms with Gasteiger partial charge in [0.1, 0.15) is 11.5 Å². The summed E-state index contributed by atoms with van der Waals surface area (Å²) in [6.07, 6.45) is 2.39. The third-order valence-corrected chi connectivity index (χ3v) is 6.56. The zero-order valence-electron chi connectivity index (χ0n) is 20.6. The van der Waals surface area contributed by atoms with Crippen molar-refractivity contribution in [3.05, 3.63) is 113 Å². The monoisotopic (exact) mass is 513 g/mol. The molecular formula is C29H28FN5O3. The van der Waals surface area contributed by atoms with Gasteiger partial charge in [-0.15, -0.1) is 0 Å². The summed E-state index contributed by atoms with van der Waals surface area (Å²) in [4.78, 5) is 25.0. The number of carbonyl (C=O) groups is 2. The van der Waals surface area contributed by atoms with Crippen LogP contribution >= 0.6 is 0 Å². The standard InChI is InChI=1S/C29H28FN5O3/c30-23-12-11-21(27(32-17-18-9-10-18)20-6-2-1-3-7-20)14-24(23)33-28(36)26-15-25(29(37)38)34-35(26)22-8-4-5-19(13-22)16-31/h1-8,11-15,18,27,32H,9-10,16-17,31H2,(H,33,36)(H,37,38). The molecule has 1 unspecified atom stereocenters. The van der Waals surface area contributed by atoms with E-state index in [1.165, 1.54) is 29.7 Å². The zero-order valence-corrected chi connectivity index (χ0v) is 20.6. The maximum Gasteiger partial charge on any atom is 0.356 e. The first-order valence-electron chi connectivity index (χ1n) is 12.4. The van der Waals surface area contributed by atoms with Gasteiger partial charge in [0.25, 0.3) is 5.91 Å². The second kappa shape index (κ2) is 11.0. The number of hydrogen-bond donors (Lipinski definition) is 4. The number of carboxylic acid groups (broad SMARTS) is 1. The number of aromatic carboxylic acids is 1. The van der Waals surface area contributed by atoms with Crippen molar-refractivity contribution in [3.8, 4) is 5.69 Å². The van der Waals surface area contributed by atoms with E-state index in [0.29, 0.717) is 11.6 Å². The molecule has 0 saturated heterocycles. The summed E-state index contributed by atoms with van der Waals surface area (Å²) in [7, 11) is 0. The summed E-state index contributed by atoms with van der Waals surface area (Å²) in [6.45, 7) is 1.11. The molecule has 5 rings (SSSR count). The second-order valence-corrected chi connectivity index (χ2v) is 9.39. The van der Waals surface area contributed by atoms with Gasteiger partial charge in [-0.05, 0) is 66.3 Å². The Morgan fingerprint density at radius 1 is 1.03 bits per heavy atom. The van der Waals surface area contributed by atoms with Gasteiger partial charge < -0.3 is 21.5 Å². The minimum Gasteiger partial charge on any atom is -0.476 e. The third kappa shape index (κ3) is 5.64. The largest absolute Gasteiger partial charge is 0.476 e. The topological polar surface area (TPSA) is 122 Å². The molecule has 1 saturated carbocycles. The van der Waals surface area contributed by atoms with E-state index >= 15 is 0 Å². The summed E-state index contributed by atoms with van der Waals surface area (Å²) in [5, 5.41) is 19.8. The minimum atomic E-state index is -1.28. The highest BCUT2D eigenvalue weighted by Gasteiger charge is 2.25. The van der Waals surface area contributed by atoms with Crippen molar-refractivity contribution in [3.63, 3.8) is 0 Å². The predicted octanol–water partition coefficient (Wildman–Crippen LogP) is 4.51. The van der Waals surface area contributed by atoms with Gasteiger partial charge in [-0.1, -0.05) is 48.5 Å². The summed E-state index contributed by atoms with van der Waals surface area (Å²) in [6, 6.07) is 22.4. The molecule has 0 radical (unpaired) electrons. The van der Waals surface area contributed by atoms with Gasteiger partial charge in [-0.25, -0.2) is 13.9 Å². The fourth-order valence-corrected chi connectivity index (χ4v) is 4.34. The first kappa shape index (κ1) is 25.3. The van der Waals surface area contributed by atoms with Crippen molar-refractivity contribution in [2.75, 3.05) is 11.9 Å². The summed E-state index contributed by atoms with van der Waals surface area (Å²) in [5.74, 6) is -1.94. The molecule has 9 heteroatoms. The summed E-state index contributed by atoms with van der Waals surface area (Å²) < 4.78 is 16.2. The van der Waals surface area contributed by atoms with Crippen LogP contribution in [0.2, 0.25) is 0 Å². The number of anilines is 1. The maximum atomic E-state index is 14.9. The average molecular weight is 514 g/mol. The summed E-state index contributed by atoms with van der Waals surface area (Å²) in [5.41, 5.74) is 8.44. The summed E-state index contributed by atoms with van der Waals surface area (Å²) >= 11 is 0. The molecule has 194 valence electrons. The van der Waals surface area contributed by atoms with Gasteiger partial charge in [-0.2, -0.15) is 5.10 Å². The number of rotatable bonds is 10. The van der Waals surface area contributed by atoms with Gasteiger partial charge in [0.2, 0.25) is 0 Å². The fraction of sp³-hybridized carbons (Fsp3) is 0.207. The molecule has 8 nitrogen and oxygen atoms in total. The molecule has 5 N–H and O–H groups in total. The van der Waals surface area contributed by atoms with Crippen molar-refractivity contribution in [2.45, 2.75) is 25.4 Å². The van der Waals surface area contributed by atoms with E-state index in [4.69, 9.17) is 5.73 Å². The SMILES string of the molecule is NCc1cccc(-n2nc(C(=O)O)cc2C(=O)Nc2cc(C(NCC3CC3)c3ccccc3)ccc2F)c1. The molecule has 3 aromatic carbocycles. The van der Waals surface area contributed by atoms with Gasteiger partial charge >= 0.3 is 5.97 Å². The first-order valence-corrected chi connectivity index (χ1v) is 12.4. The van der Waals surface area contributed by atoms with Crippen LogP contribution in [0.3, 0.4) is 0 Å². The molecule has 4 aromatic rings. The van der Waals surface area contributed by atoms with E-state index in [1.54, 1.807) is 30.3 Å². The lowest BCUT2D eigenvalue weighted by Gasteiger charge is -2.21. The van der Waals surface area contributed by atoms with Crippen LogP contribution in [-0.4, -0.2) is 33.3 Å². The van der Waals surface area contributed by atoms with Crippen molar-refractivity contribution in [1.82, 2.24) is 15.1 Å². The molecule has 1 heterocycles. The number of benzene rings is 3. The van der Waals surface area contributed by atoms with Crippen LogP contribution in [0.15, 0.2) is 78.9 Å². The second-order valence-electron chi connectivity index (χ2n) is 9.39. The number of amides is 1. The molecular weight excluding hydrogens is 485 g/mol. The molecule has 1 amide bonds. The van der Waals surface area contributed by atoms with Crippen LogP contribution in [0.4, 0.5) is 10.1 Å². The van der Waals surface area contributed by atoms with E-state index in [0.717, 1.165) is 23.2 Å². The van der Waals surface area contributed by atoms with Gasteiger partial charge in [0, 0.05) is 12.6 Å². The highest BCUT2D eigenvalue weighted by Crippen LogP contribution is 2.31. The highest BCUT2D eigenvalue weighted by molar-refractivity contribution is 6.04. The van der Waals surface area contributed by atoms with Crippen LogP contribution in [0.1, 0.15) is 56.6 Å². The average Bonchev–Trinajstić information content (AvgIpc) is 3.65. The maximum absolute atomic E-state index is 14.9. The van der Waals surface area contributed by atoms with Crippen LogP contribution in [0, 0.1) is 11.7 Å². The Labute approximate surface area is 219 Å². The Hall–Kier alpha value is -4.34. The number of nitrogens with zero attached hydrogens (tertiary/aromatic N) is 2. The quantitative estimate of drug-likeness (QED) is 0.248. The zero-order chi connectivity index (χ0) is 26.6.